The van der Waals surface area contributed by atoms with Gasteiger partial charge in [0.25, 0.3) is 0 Å². The minimum absolute atomic E-state index is 0.421. The summed E-state index contributed by atoms with van der Waals surface area (Å²) < 4.78 is 0. The zero-order valence-electron chi connectivity index (χ0n) is 8.56. The molecule has 0 unspecified atom stereocenters. The van der Waals surface area contributed by atoms with Gasteiger partial charge in [0.15, 0.2) is 6.29 Å². The van der Waals surface area contributed by atoms with E-state index >= 15 is 0 Å². The maximum absolute atomic E-state index is 10.9. The molecule has 0 atom stereocenters. The van der Waals surface area contributed by atoms with Gasteiger partial charge in [-0.25, -0.2) is 0 Å². The summed E-state index contributed by atoms with van der Waals surface area (Å²) in [5, 5.41) is 0. The molecule has 0 aliphatic carbocycles. The van der Waals surface area contributed by atoms with Gasteiger partial charge < -0.3 is 0 Å². The van der Waals surface area contributed by atoms with Crippen LogP contribution in [0.5, 0.6) is 0 Å². The molecular weight excluding hydrogens is 222 g/mol. The first kappa shape index (κ1) is 10.8. The Balaban J connectivity index is 2.53. The smallest absolute Gasteiger partial charge is 0.150 e. The first-order valence-electron chi connectivity index (χ1n) is 4.89. The minimum Gasteiger partial charge on any atom is -0.298 e. The Morgan fingerprint density at radius 2 is 2.06 bits per heavy atom. The molecule has 1 heterocycles. The molecule has 3 heteroatoms. The lowest BCUT2D eigenvalue weighted by Gasteiger charge is -2.05. The molecule has 0 radical (unpaired) electrons. The summed E-state index contributed by atoms with van der Waals surface area (Å²) in [7, 11) is 0. The molecule has 1 aromatic carbocycles. The van der Waals surface area contributed by atoms with E-state index in [1.807, 2.05) is 24.3 Å². The Morgan fingerprint density at radius 3 is 2.81 bits per heavy atom. The lowest BCUT2D eigenvalue weighted by atomic mass is 10.0. The Kier molecular flexibility index (Phi) is 3.32. The monoisotopic (exact) mass is 231 g/mol. The molecule has 0 fully saturated rings. The molecule has 2 rings (SSSR count). The van der Waals surface area contributed by atoms with Crippen LogP contribution in [0.3, 0.4) is 0 Å². The number of benzene rings is 1. The van der Waals surface area contributed by atoms with Crippen molar-refractivity contribution in [2.45, 2.75) is 5.88 Å². The number of hydrogen-bond donors (Lipinski definition) is 0. The summed E-state index contributed by atoms with van der Waals surface area (Å²) in [4.78, 5) is 15.0. The van der Waals surface area contributed by atoms with Crippen LogP contribution in [-0.2, 0) is 5.88 Å². The van der Waals surface area contributed by atoms with Gasteiger partial charge in [-0.3, -0.25) is 9.78 Å². The lowest BCUT2D eigenvalue weighted by molar-refractivity contribution is 0.112. The molecule has 0 spiro atoms. The number of pyridine rings is 1. The Bertz CT molecular complexity index is 511. The van der Waals surface area contributed by atoms with Crippen molar-refractivity contribution >= 4 is 17.9 Å². The number of carbonyl (C=O) groups excluding carboxylic acids is 1. The number of halogens is 1. The van der Waals surface area contributed by atoms with Crippen LogP contribution in [0.4, 0.5) is 0 Å². The van der Waals surface area contributed by atoms with Crippen LogP contribution in [0.15, 0.2) is 42.7 Å². The normalized spacial score (nSPS) is 10.1. The van der Waals surface area contributed by atoms with Crippen molar-refractivity contribution in [3.63, 3.8) is 0 Å². The van der Waals surface area contributed by atoms with Gasteiger partial charge in [0.1, 0.15) is 0 Å². The van der Waals surface area contributed by atoms with E-state index in [0.717, 1.165) is 23.0 Å². The number of aromatic nitrogens is 1. The number of carbonyl (C=O) groups is 1. The third-order valence-corrected chi connectivity index (χ3v) is 2.66. The zero-order chi connectivity index (χ0) is 11.4. The predicted octanol–water partition coefficient (Wildman–Crippen LogP) is 3.30. The maximum atomic E-state index is 10.9. The third-order valence-electron chi connectivity index (χ3n) is 2.35. The van der Waals surface area contributed by atoms with Crippen LogP contribution in [0.2, 0.25) is 0 Å². The third kappa shape index (κ3) is 2.12. The molecule has 2 nitrogen and oxygen atoms in total. The van der Waals surface area contributed by atoms with Gasteiger partial charge in [-0.15, -0.1) is 11.6 Å². The molecule has 2 aromatic rings. The van der Waals surface area contributed by atoms with E-state index in [-0.39, 0.29) is 0 Å². The fourth-order valence-electron chi connectivity index (χ4n) is 1.57. The first-order valence-corrected chi connectivity index (χ1v) is 5.43. The summed E-state index contributed by atoms with van der Waals surface area (Å²) in [6.07, 6.45) is 4.31. The first-order chi connectivity index (χ1) is 7.85. The topological polar surface area (TPSA) is 30.0 Å². The van der Waals surface area contributed by atoms with Crippen LogP contribution in [0.25, 0.3) is 11.1 Å². The highest BCUT2D eigenvalue weighted by molar-refractivity contribution is 6.17. The Morgan fingerprint density at radius 1 is 1.25 bits per heavy atom. The average Bonchev–Trinajstić information content (AvgIpc) is 2.38. The van der Waals surface area contributed by atoms with Gasteiger partial charge in [0.2, 0.25) is 0 Å². The molecule has 1 aromatic heterocycles. The van der Waals surface area contributed by atoms with Crippen LogP contribution >= 0.6 is 11.6 Å². The van der Waals surface area contributed by atoms with Crippen molar-refractivity contribution in [3.05, 3.63) is 53.9 Å². The molecule has 0 aliphatic heterocycles. The zero-order valence-corrected chi connectivity index (χ0v) is 9.32. The van der Waals surface area contributed by atoms with Gasteiger partial charge in [-0.2, -0.15) is 0 Å². The van der Waals surface area contributed by atoms with E-state index in [4.69, 9.17) is 11.6 Å². The molecule has 0 N–H and O–H groups in total. The highest BCUT2D eigenvalue weighted by atomic mass is 35.5. The van der Waals surface area contributed by atoms with Crippen molar-refractivity contribution in [3.8, 4) is 11.1 Å². The number of aldehydes is 1. The van der Waals surface area contributed by atoms with E-state index in [2.05, 4.69) is 4.98 Å². The van der Waals surface area contributed by atoms with Crippen LogP contribution in [-0.4, -0.2) is 11.3 Å². The number of nitrogens with zero attached hydrogens (tertiary/aromatic N) is 1. The molecule has 0 aliphatic rings. The quantitative estimate of drug-likeness (QED) is 0.599. The molecule has 0 saturated carbocycles. The van der Waals surface area contributed by atoms with Gasteiger partial charge in [-0.05, 0) is 17.2 Å². The minimum atomic E-state index is 0.421. The number of alkyl halides is 1. The Hall–Kier alpha value is -1.67. The number of rotatable bonds is 3. The average molecular weight is 232 g/mol. The van der Waals surface area contributed by atoms with E-state index in [1.165, 1.54) is 0 Å². The van der Waals surface area contributed by atoms with E-state index in [1.54, 1.807) is 18.5 Å². The summed E-state index contributed by atoms with van der Waals surface area (Å²) in [6, 6.07) is 9.37. The molecule has 0 amide bonds. The second kappa shape index (κ2) is 4.90. The van der Waals surface area contributed by atoms with Crippen molar-refractivity contribution in [1.29, 1.82) is 0 Å². The van der Waals surface area contributed by atoms with Gasteiger partial charge in [-0.1, -0.05) is 24.3 Å². The van der Waals surface area contributed by atoms with E-state index in [9.17, 15) is 4.79 Å². The SMILES string of the molecule is O=Cc1ccccc1-c1cncc(CCl)c1. The van der Waals surface area contributed by atoms with Crippen molar-refractivity contribution in [2.75, 3.05) is 0 Å². The fraction of sp³-hybridized carbons (Fsp3) is 0.0769. The molecule has 0 saturated heterocycles. The van der Waals surface area contributed by atoms with Crippen molar-refractivity contribution in [2.24, 2.45) is 0 Å². The van der Waals surface area contributed by atoms with Gasteiger partial charge in [0, 0.05) is 29.4 Å². The summed E-state index contributed by atoms with van der Waals surface area (Å²) in [5.74, 6) is 0.421. The van der Waals surface area contributed by atoms with Crippen LogP contribution < -0.4 is 0 Å². The summed E-state index contributed by atoms with van der Waals surface area (Å²) in [5.41, 5.74) is 3.41. The van der Waals surface area contributed by atoms with Crippen LogP contribution in [0.1, 0.15) is 15.9 Å². The van der Waals surface area contributed by atoms with Crippen molar-refractivity contribution in [1.82, 2.24) is 4.98 Å². The van der Waals surface area contributed by atoms with E-state index < -0.39 is 0 Å². The second-order valence-corrected chi connectivity index (χ2v) is 3.69. The molecule has 0 bridgehead atoms. The molecule has 16 heavy (non-hydrogen) atoms. The summed E-state index contributed by atoms with van der Waals surface area (Å²) >= 11 is 5.75. The standard InChI is InChI=1S/C13H10ClNO/c14-6-10-5-12(8-15-7-10)13-4-2-1-3-11(13)9-16/h1-5,7-9H,6H2. The van der Waals surface area contributed by atoms with Gasteiger partial charge >= 0.3 is 0 Å². The van der Waals surface area contributed by atoms with Crippen LogP contribution in [0, 0.1) is 0 Å². The number of hydrogen-bond acceptors (Lipinski definition) is 2. The maximum Gasteiger partial charge on any atom is 0.150 e. The van der Waals surface area contributed by atoms with Crippen molar-refractivity contribution < 1.29 is 4.79 Å². The second-order valence-electron chi connectivity index (χ2n) is 3.42. The summed E-state index contributed by atoms with van der Waals surface area (Å²) in [6.45, 7) is 0. The fourth-order valence-corrected chi connectivity index (χ4v) is 1.72. The predicted molar refractivity (Wildman–Crippen MR) is 64.6 cm³/mol. The largest absolute Gasteiger partial charge is 0.298 e. The highest BCUT2D eigenvalue weighted by Crippen LogP contribution is 2.22. The lowest BCUT2D eigenvalue weighted by Crippen LogP contribution is -1.89. The highest BCUT2D eigenvalue weighted by Gasteiger charge is 2.04. The molecule has 80 valence electrons. The molecular formula is C13H10ClNO. The van der Waals surface area contributed by atoms with E-state index in [0.29, 0.717) is 11.4 Å². The van der Waals surface area contributed by atoms with Gasteiger partial charge in [0.05, 0.1) is 0 Å². The Labute approximate surface area is 98.9 Å².